The zero-order chi connectivity index (χ0) is 17.8. The van der Waals surface area contributed by atoms with Crippen molar-refractivity contribution < 1.29 is 19.1 Å². The summed E-state index contributed by atoms with van der Waals surface area (Å²) in [5.41, 5.74) is 0.943. The lowest BCUT2D eigenvalue weighted by Crippen LogP contribution is -2.39. The Kier molecular flexibility index (Phi) is 5.66. The van der Waals surface area contributed by atoms with Crippen molar-refractivity contribution in [1.29, 1.82) is 0 Å². The summed E-state index contributed by atoms with van der Waals surface area (Å²) in [6, 6.07) is 9.24. The minimum atomic E-state index is -0.716. The standard InChI is InChI=1S/C19H22ClNO4/c1-2-24-16-6-5-14(20)12-15(16)18(17-4-3-11-25-17)21-9-7-13(8-10-21)19(22)23/h3-6,11-13,18H,2,7-10H2,1H3,(H,22,23). The molecule has 0 radical (unpaired) electrons. The van der Waals surface area contributed by atoms with Crippen molar-refractivity contribution in [2.45, 2.75) is 25.8 Å². The summed E-state index contributed by atoms with van der Waals surface area (Å²) in [7, 11) is 0. The second kappa shape index (κ2) is 7.93. The number of benzene rings is 1. The molecule has 1 aliphatic rings. The number of aliphatic carboxylic acids is 1. The summed E-state index contributed by atoms with van der Waals surface area (Å²) in [6.07, 6.45) is 2.89. The first-order chi connectivity index (χ1) is 12.1. The minimum absolute atomic E-state index is 0.148. The van der Waals surface area contributed by atoms with Crippen LogP contribution in [0.15, 0.2) is 41.0 Å². The Morgan fingerprint density at radius 2 is 2.16 bits per heavy atom. The summed E-state index contributed by atoms with van der Waals surface area (Å²) in [5, 5.41) is 9.87. The Morgan fingerprint density at radius 3 is 2.76 bits per heavy atom. The fourth-order valence-electron chi connectivity index (χ4n) is 3.40. The number of nitrogens with zero attached hydrogens (tertiary/aromatic N) is 1. The van der Waals surface area contributed by atoms with Crippen LogP contribution in [0.25, 0.3) is 0 Å². The van der Waals surface area contributed by atoms with E-state index >= 15 is 0 Å². The predicted octanol–water partition coefficient (Wildman–Crippen LogP) is 4.22. The van der Waals surface area contributed by atoms with E-state index in [9.17, 15) is 9.90 Å². The normalized spacial score (nSPS) is 17.4. The lowest BCUT2D eigenvalue weighted by atomic mass is 9.93. The zero-order valence-corrected chi connectivity index (χ0v) is 14.9. The highest BCUT2D eigenvalue weighted by molar-refractivity contribution is 6.30. The van der Waals surface area contributed by atoms with Crippen molar-refractivity contribution in [2.75, 3.05) is 19.7 Å². The van der Waals surface area contributed by atoms with Gasteiger partial charge in [0.2, 0.25) is 0 Å². The fourth-order valence-corrected chi connectivity index (χ4v) is 3.58. The lowest BCUT2D eigenvalue weighted by Gasteiger charge is -2.36. The first kappa shape index (κ1) is 17.8. The van der Waals surface area contributed by atoms with Crippen LogP contribution < -0.4 is 4.74 Å². The third-order valence-corrected chi connectivity index (χ3v) is 4.86. The van der Waals surface area contributed by atoms with Crippen molar-refractivity contribution in [3.63, 3.8) is 0 Å². The molecule has 0 bridgehead atoms. The van der Waals surface area contributed by atoms with E-state index in [1.807, 2.05) is 37.3 Å². The topological polar surface area (TPSA) is 62.9 Å². The number of carboxylic acids is 1. The fraction of sp³-hybridized carbons (Fsp3) is 0.421. The molecular weight excluding hydrogens is 342 g/mol. The van der Waals surface area contributed by atoms with Gasteiger partial charge in [0.05, 0.1) is 24.8 Å². The van der Waals surface area contributed by atoms with Gasteiger partial charge in [0.25, 0.3) is 0 Å². The Morgan fingerprint density at radius 1 is 1.40 bits per heavy atom. The summed E-state index contributed by atoms with van der Waals surface area (Å²) in [5.74, 6) is 0.580. The highest BCUT2D eigenvalue weighted by atomic mass is 35.5. The van der Waals surface area contributed by atoms with E-state index < -0.39 is 5.97 Å². The van der Waals surface area contributed by atoms with Gasteiger partial charge in [-0.25, -0.2) is 0 Å². The van der Waals surface area contributed by atoms with Gasteiger partial charge >= 0.3 is 5.97 Å². The molecule has 25 heavy (non-hydrogen) atoms. The maximum atomic E-state index is 11.2. The number of halogens is 1. The van der Waals surface area contributed by atoms with Crippen LogP contribution in [0, 0.1) is 5.92 Å². The van der Waals surface area contributed by atoms with Crippen LogP contribution in [-0.2, 0) is 4.79 Å². The van der Waals surface area contributed by atoms with E-state index in [0.717, 1.165) is 17.1 Å². The SMILES string of the molecule is CCOc1ccc(Cl)cc1C(c1ccco1)N1CCC(C(=O)O)CC1. The molecule has 3 rings (SSSR count). The van der Waals surface area contributed by atoms with Gasteiger partial charge in [0.1, 0.15) is 11.5 Å². The lowest BCUT2D eigenvalue weighted by molar-refractivity contribution is -0.143. The van der Waals surface area contributed by atoms with E-state index in [0.29, 0.717) is 37.6 Å². The highest BCUT2D eigenvalue weighted by Gasteiger charge is 2.33. The van der Waals surface area contributed by atoms with Gasteiger partial charge in [-0.1, -0.05) is 11.6 Å². The molecule has 1 aliphatic heterocycles. The molecule has 0 amide bonds. The molecule has 1 saturated heterocycles. The molecule has 1 aromatic heterocycles. The van der Waals surface area contributed by atoms with Crippen molar-refractivity contribution >= 4 is 17.6 Å². The van der Waals surface area contributed by atoms with E-state index in [-0.39, 0.29) is 12.0 Å². The van der Waals surface area contributed by atoms with Gasteiger partial charge in [0.15, 0.2) is 0 Å². The number of furan rings is 1. The molecule has 0 spiro atoms. The molecule has 5 nitrogen and oxygen atoms in total. The summed E-state index contributed by atoms with van der Waals surface area (Å²) in [4.78, 5) is 13.5. The molecule has 0 saturated carbocycles. The molecule has 1 atom stereocenters. The quantitative estimate of drug-likeness (QED) is 0.832. The van der Waals surface area contributed by atoms with Crippen LogP contribution in [-0.4, -0.2) is 35.7 Å². The van der Waals surface area contributed by atoms with Crippen molar-refractivity contribution in [1.82, 2.24) is 4.90 Å². The number of likely N-dealkylation sites (tertiary alicyclic amines) is 1. The average Bonchev–Trinajstić information content (AvgIpc) is 3.12. The Bertz CT molecular complexity index is 708. The first-order valence-corrected chi connectivity index (χ1v) is 8.90. The Balaban J connectivity index is 1.95. The van der Waals surface area contributed by atoms with Crippen LogP contribution in [0.3, 0.4) is 0 Å². The van der Waals surface area contributed by atoms with Crippen molar-refractivity contribution in [3.05, 3.63) is 52.9 Å². The third kappa shape index (κ3) is 3.99. The van der Waals surface area contributed by atoms with Crippen LogP contribution in [0.4, 0.5) is 0 Å². The monoisotopic (exact) mass is 363 g/mol. The van der Waals surface area contributed by atoms with Crippen LogP contribution >= 0.6 is 11.6 Å². The van der Waals surface area contributed by atoms with E-state index in [2.05, 4.69) is 4.90 Å². The molecule has 134 valence electrons. The average molecular weight is 364 g/mol. The van der Waals surface area contributed by atoms with Gasteiger partial charge in [0, 0.05) is 23.7 Å². The van der Waals surface area contributed by atoms with E-state index in [1.165, 1.54) is 0 Å². The molecular formula is C19H22ClNO4. The van der Waals surface area contributed by atoms with Gasteiger partial charge in [-0.15, -0.1) is 0 Å². The maximum absolute atomic E-state index is 11.2. The molecule has 6 heteroatoms. The molecule has 1 N–H and O–H groups in total. The number of rotatable bonds is 6. The van der Waals surface area contributed by atoms with Gasteiger partial charge < -0.3 is 14.3 Å². The number of carboxylic acid groups (broad SMARTS) is 1. The van der Waals surface area contributed by atoms with Crippen molar-refractivity contribution in [3.8, 4) is 5.75 Å². The highest BCUT2D eigenvalue weighted by Crippen LogP contribution is 2.38. The molecule has 1 unspecified atom stereocenters. The maximum Gasteiger partial charge on any atom is 0.306 e. The minimum Gasteiger partial charge on any atom is -0.494 e. The van der Waals surface area contributed by atoms with Crippen LogP contribution in [0.1, 0.15) is 37.1 Å². The van der Waals surface area contributed by atoms with E-state index in [4.69, 9.17) is 20.8 Å². The second-order valence-corrected chi connectivity index (χ2v) is 6.62. The third-order valence-electron chi connectivity index (χ3n) is 4.62. The molecule has 1 fully saturated rings. The van der Waals surface area contributed by atoms with Gasteiger partial charge in [-0.2, -0.15) is 0 Å². The Labute approximate surface area is 152 Å². The number of carbonyl (C=O) groups is 1. The molecule has 0 aliphatic carbocycles. The number of ether oxygens (including phenoxy) is 1. The predicted molar refractivity (Wildman–Crippen MR) is 95.1 cm³/mol. The number of hydrogen-bond acceptors (Lipinski definition) is 4. The number of piperidine rings is 1. The van der Waals surface area contributed by atoms with Crippen LogP contribution in [0.2, 0.25) is 5.02 Å². The largest absolute Gasteiger partial charge is 0.494 e. The molecule has 1 aromatic carbocycles. The summed E-state index contributed by atoms with van der Waals surface area (Å²) in [6.45, 7) is 3.86. The Hall–Kier alpha value is -1.98. The summed E-state index contributed by atoms with van der Waals surface area (Å²) >= 11 is 6.24. The molecule has 2 aromatic rings. The van der Waals surface area contributed by atoms with Crippen LogP contribution in [0.5, 0.6) is 5.75 Å². The molecule has 2 heterocycles. The zero-order valence-electron chi connectivity index (χ0n) is 14.2. The number of hydrogen-bond donors (Lipinski definition) is 1. The van der Waals surface area contributed by atoms with Gasteiger partial charge in [-0.3, -0.25) is 9.69 Å². The van der Waals surface area contributed by atoms with Crippen molar-refractivity contribution in [2.24, 2.45) is 5.92 Å². The second-order valence-electron chi connectivity index (χ2n) is 6.18. The van der Waals surface area contributed by atoms with E-state index in [1.54, 1.807) is 6.26 Å². The first-order valence-electron chi connectivity index (χ1n) is 8.52. The van der Waals surface area contributed by atoms with Gasteiger partial charge in [-0.05, 0) is 50.1 Å². The smallest absolute Gasteiger partial charge is 0.306 e. The summed E-state index contributed by atoms with van der Waals surface area (Å²) < 4.78 is 11.5.